The molecule has 0 aliphatic rings. The van der Waals surface area contributed by atoms with Gasteiger partial charge in [-0.05, 0) is 18.2 Å². The molecule has 30 heavy (non-hydrogen) atoms. The summed E-state index contributed by atoms with van der Waals surface area (Å²) in [5, 5.41) is 20.0. The molecule has 3 N–H and O–H groups in total. The summed E-state index contributed by atoms with van der Waals surface area (Å²) in [6, 6.07) is 2.85. The van der Waals surface area contributed by atoms with Gasteiger partial charge in [0.05, 0.1) is 18.2 Å². The number of hydrogen-bond donors (Lipinski definition) is 3. The average molecular weight is 446 g/mol. The lowest BCUT2D eigenvalue weighted by Crippen LogP contribution is -2.36. The molecule has 1 aromatic carbocycles. The molecule has 0 spiro atoms. The Morgan fingerprint density at radius 1 is 1.37 bits per heavy atom. The van der Waals surface area contributed by atoms with E-state index in [2.05, 4.69) is 5.32 Å². The summed E-state index contributed by atoms with van der Waals surface area (Å²) in [7, 11) is -3.57. The quantitative estimate of drug-likeness (QED) is 0.560. The SMILES string of the molecule is Cn1cc(S(=O)(=O)N[C@@H](C=C(F)F)CO)c(F)c1C(=O)Nc1ccc(F)c(C#N)c1. The Bertz CT molecular complexity index is 1150. The van der Waals surface area contributed by atoms with Gasteiger partial charge in [0.25, 0.3) is 12.0 Å². The molecular formula is C17H14F4N4O4S. The van der Waals surface area contributed by atoms with E-state index in [0.29, 0.717) is 0 Å². The summed E-state index contributed by atoms with van der Waals surface area (Å²) < 4.78 is 79.9. The number of rotatable bonds is 7. The van der Waals surface area contributed by atoms with Crippen molar-refractivity contribution in [3.8, 4) is 6.07 Å². The number of aliphatic hydroxyl groups excluding tert-OH is 1. The van der Waals surface area contributed by atoms with Crippen LogP contribution in [0.15, 0.2) is 41.4 Å². The van der Waals surface area contributed by atoms with Gasteiger partial charge < -0.3 is 15.0 Å². The van der Waals surface area contributed by atoms with Crippen molar-refractivity contribution in [3.63, 3.8) is 0 Å². The maximum atomic E-state index is 14.7. The third-order valence-corrected chi connectivity index (χ3v) is 5.24. The van der Waals surface area contributed by atoms with Crippen molar-refractivity contribution in [2.45, 2.75) is 10.9 Å². The number of hydrogen-bond acceptors (Lipinski definition) is 5. The topological polar surface area (TPSA) is 124 Å². The molecule has 1 atom stereocenters. The van der Waals surface area contributed by atoms with E-state index >= 15 is 0 Å². The Balaban J connectivity index is 2.36. The van der Waals surface area contributed by atoms with E-state index in [1.54, 1.807) is 10.8 Å². The minimum atomic E-state index is -4.73. The minimum Gasteiger partial charge on any atom is -0.394 e. The van der Waals surface area contributed by atoms with Crippen molar-refractivity contribution in [1.82, 2.24) is 9.29 Å². The van der Waals surface area contributed by atoms with Crippen LogP contribution in [0.3, 0.4) is 0 Å². The molecule has 1 amide bonds. The number of nitrogens with zero attached hydrogens (tertiary/aromatic N) is 2. The first kappa shape index (κ1) is 23.1. The van der Waals surface area contributed by atoms with Crippen LogP contribution in [-0.4, -0.2) is 36.6 Å². The number of amides is 1. The molecule has 1 aromatic heterocycles. The lowest BCUT2D eigenvalue weighted by molar-refractivity contribution is 0.101. The Kier molecular flexibility index (Phi) is 6.98. The minimum absolute atomic E-state index is 0.0509. The first-order valence-corrected chi connectivity index (χ1v) is 9.50. The number of carbonyl (C=O) groups is 1. The largest absolute Gasteiger partial charge is 0.394 e. The number of anilines is 1. The lowest BCUT2D eigenvalue weighted by atomic mass is 10.2. The molecule has 0 aliphatic heterocycles. The molecular weight excluding hydrogens is 432 g/mol. The fourth-order valence-electron chi connectivity index (χ4n) is 2.43. The third-order valence-electron chi connectivity index (χ3n) is 3.77. The van der Waals surface area contributed by atoms with E-state index in [1.165, 1.54) is 0 Å². The van der Waals surface area contributed by atoms with Gasteiger partial charge in [-0.15, -0.1) is 0 Å². The van der Waals surface area contributed by atoms with Crippen LogP contribution in [0.25, 0.3) is 0 Å². The molecule has 0 radical (unpaired) electrons. The van der Waals surface area contributed by atoms with Gasteiger partial charge in [0.2, 0.25) is 10.0 Å². The number of carbonyl (C=O) groups excluding carboxylic acids is 1. The highest BCUT2D eigenvalue weighted by molar-refractivity contribution is 7.89. The normalized spacial score (nSPS) is 12.2. The number of nitrogens with one attached hydrogen (secondary N) is 2. The van der Waals surface area contributed by atoms with Crippen LogP contribution in [0.1, 0.15) is 16.1 Å². The molecule has 0 saturated heterocycles. The van der Waals surface area contributed by atoms with Crippen LogP contribution in [0, 0.1) is 23.0 Å². The van der Waals surface area contributed by atoms with Crippen molar-refractivity contribution in [2.24, 2.45) is 7.05 Å². The predicted molar refractivity (Wildman–Crippen MR) is 95.9 cm³/mol. The second-order valence-electron chi connectivity index (χ2n) is 5.89. The zero-order valence-electron chi connectivity index (χ0n) is 15.2. The zero-order valence-corrected chi connectivity index (χ0v) is 16.0. The van der Waals surface area contributed by atoms with Crippen LogP contribution in [0.2, 0.25) is 0 Å². The summed E-state index contributed by atoms with van der Waals surface area (Å²) in [5.41, 5.74) is -1.16. The van der Waals surface area contributed by atoms with Crippen LogP contribution in [0.4, 0.5) is 23.2 Å². The summed E-state index contributed by atoms with van der Waals surface area (Å²) in [6.07, 6.45) is -1.39. The van der Waals surface area contributed by atoms with E-state index in [1.807, 2.05) is 0 Å². The molecule has 0 aliphatic carbocycles. The van der Waals surface area contributed by atoms with Gasteiger partial charge in [-0.1, -0.05) is 0 Å². The van der Waals surface area contributed by atoms with Crippen LogP contribution < -0.4 is 10.0 Å². The monoisotopic (exact) mass is 446 g/mol. The van der Waals surface area contributed by atoms with Gasteiger partial charge in [-0.25, -0.2) is 21.9 Å². The van der Waals surface area contributed by atoms with Gasteiger partial charge in [-0.3, -0.25) is 4.79 Å². The van der Waals surface area contributed by atoms with Gasteiger partial charge in [0.1, 0.15) is 22.5 Å². The molecule has 0 bridgehead atoms. The van der Waals surface area contributed by atoms with E-state index in [0.717, 1.165) is 36.0 Å². The van der Waals surface area contributed by atoms with Crippen LogP contribution in [-0.2, 0) is 17.1 Å². The first-order valence-electron chi connectivity index (χ1n) is 8.02. The number of sulfonamides is 1. The first-order chi connectivity index (χ1) is 14.0. The molecule has 2 rings (SSSR count). The van der Waals surface area contributed by atoms with E-state index in [4.69, 9.17) is 10.4 Å². The predicted octanol–water partition coefficient (Wildman–Crippen LogP) is 1.85. The van der Waals surface area contributed by atoms with E-state index in [-0.39, 0.29) is 17.3 Å². The number of benzene rings is 1. The average Bonchev–Trinajstić information content (AvgIpc) is 2.97. The van der Waals surface area contributed by atoms with Crippen molar-refractivity contribution >= 4 is 21.6 Å². The molecule has 2 aromatic rings. The fraction of sp³-hybridized carbons (Fsp3) is 0.176. The maximum Gasteiger partial charge on any atom is 0.275 e. The van der Waals surface area contributed by atoms with Gasteiger partial charge >= 0.3 is 0 Å². The summed E-state index contributed by atoms with van der Waals surface area (Å²) >= 11 is 0. The van der Waals surface area contributed by atoms with Gasteiger partial charge in [0.15, 0.2) is 5.82 Å². The van der Waals surface area contributed by atoms with Crippen molar-refractivity contribution in [1.29, 1.82) is 5.26 Å². The highest BCUT2D eigenvalue weighted by atomic mass is 32.2. The molecule has 13 heteroatoms. The Morgan fingerprint density at radius 3 is 2.60 bits per heavy atom. The van der Waals surface area contributed by atoms with E-state index in [9.17, 15) is 30.8 Å². The Morgan fingerprint density at radius 2 is 2.03 bits per heavy atom. The fourth-order valence-corrected chi connectivity index (χ4v) is 3.73. The molecule has 0 unspecified atom stereocenters. The Labute approximate surface area is 168 Å². The highest BCUT2D eigenvalue weighted by Crippen LogP contribution is 2.22. The second-order valence-corrected chi connectivity index (χ2v) is 7.58. The van der Waals surface area contributed by atoms with Crippen LogP contribution in [0.5, 0.6) is 0 Å². The highest BCUT2D eigenvalue weighted by Gasteiger charge is 2.30. The number of aryl methyl sites for hydroxylation is 1. The summed E-state index contributed by atoms with van der Waals surface area (Å²) in [4.78, 5) is 11.4. The number of halogens is 4. The summed E-state index contributed by atoms with van der Waals surface area (Å²) in [5.74, 6) is -3.43. The third kappa shape index (κ3) is 5.03. The zero-order chi connectivity index (χ0) is 22.6. The number of nitriles is 1. The summed E-state index contributed by atoms with van der Waals surface area (Å²) in [6.45, 7) is -1.02. The van der Waals surface area contributed by atoms with Gasteiger partial charge in [-0.2, -0.15) is 14.0 Å². The molecule has 160 valence electrons. The second kappa shape index (κ2) is 9.08. The van der Waals surface area contributed by atoms with Crippen LogP contribution >= 0.6 is 0 Å². The smallest absolute Gasteiger partial charge is 0.275 e. The number of aliphatic hydroxyl groups is 1. The van der Waals surface area contributed by atoms with Crippen molar-refractivity contribution < 1.29 is 35.9 Å². The standard InChI is InChI=1S/C17H14F4N4O4S/c1-25-7-13(30(28,29)24-11(8-26)5-14(19)20)15(21)16(25)17(27)23-10-2-3-12(18)9(4-10)6-22/h2-5,7,11,24,26H,8H2,1H3,(H,23,27)/t11-/m0/s1. The van der Waals surface area contributed by atoms with Crippen molar-refractivity contribution in [2.75, 3.05) is 11.9 Å². The maximum absolute atomic E-state index is 14.7. The Hall–Kier alpha value is -3.21. The van der Waals surface area contributed by atoms with E-state index < -0.39 is 56.9 Å². The molecule has 8 nitrogen and oxygen atoms in total. The molecule has 0 fully saturated rings. The number of aromatic nitrogens is 1. The molecule has 1 heterocycles. The van der Waals surface area contributed by atoms with Crippen molar-refractivity contribution in [3.05, 3.63) is 59.4 Å². The molecule has 0 saturated carbocycles. The van der Waals surface area contributed by atoms with Gasteiger partial charge in [0, 0.05) is 25.0 Å². The lowest BCUT2D eigenvalue weighted by Gasteiger charge is -2.11.